The zero-order valence-corrected chi connectivity index (χ0v) is 24.3. The van der Waals surface area contributed by atoms with Gasteiger partial charge in [0, 0.05) is 17.1 Å². The third-order valence-corrected chi connectivity index (χ3v) is 8.74. The largest absolute Gasteiger partial charge is 0.312 e. The van der Waals surface area contributed by atoms with E-state index in [1.165, 1.54) is 61.1 Å². The van der Waals surface area contributed by atoms with Crippen molar-refractivity contribution in [1.82, 2.24) is 0 Å². The van der Waals surface area contributed by atoms with Gasteiger partial charge in [-0.2, -0.15) is 0 Å². The Bertz CT molecular complexity index is 1950. The number of anilines is 3. The maximum atomic E-state index is 2.42. The fourth-order valence-corrected chi connectivity index (χ4v) is 6.81. The van der Waals surface area contributed by atoms with Gasteiger partial charge in [0.25, 0.3) is 0 Å². The Kier molecular flexibility index (Phi) is 6.66. The van der Waals surface area contributed by atoms with E-state index in [9.17, 15) is 0 Å². The second-order valence-corrected chi connectivity index (χ2v) is 11.3. The van der Waals surface area contributed by atoms with Gasteiger partial charge in [-0.15, -0.1) is 0 Å². The predicted octanol–water partition coefficient (Wildman–Crippen LogP) is 8.99. The molecule has 206 valence electrons. The average Bonchev–Trinajstić information content (AvgIpc) is 3.11. The topological polar surface area (TPSA) is 3.24 Å². The maximum absolute atomic E-state index is 2.42. The van der Waals surface area contributed by atoms with Crippen molar-refractivity contribution >= 4 is 40.2 Å². The Morgan fingerprint density at radius 1 is 0.341 bits per heavy atom. The van der Waals surface area contributed by atoms with Crippen LogP contribution >= 0.6 is 0 Å². The summed E-state index contributed by atoms with van der Waals surface area (Å²) in [5.41, 5.74) is 14.9. The molecule has 1 heterocycles. The molecular formula is C42H30BN. The van der Waals surface area contributed by atoms with Crippen molar-refractivity contribution < 1.29 is 0 Å². The van der Waals surface area contributed by atoms with Crippen LogP contribution in [0.25, 0.3) is 33.4 Å². The highest BCUT2D eigenvalue weighted by atomic mass is 15.1. The van der Waals surface area contributed by atoms with E-state index in [1.807, 2.05) is 0 Å². The normalized spacial score (nSPS) is 12.0. The zero-order valence-electron chi connectivity index (χ0n) is 24.3. The zero-order chi connectivity index (χ0) is 29.3. The molecule has 0 N–H and O–H groups in total. The van der Waals surface area contributed by atoms with Crippen LogP contribution in [0.4, 0.5) is 17.1 Å². The molecule has 2 heteroatoms. The van der Waals surface area contributed by atoms with Crippen LogP contribution in [0, 0.1) is 0 Å². The summed E-state index contributed by atoms with van der Waals surface area (Å²) >= 11 is 0. The van der Waals surface area contributed by atoms with Crippen molar-refractivity contribution in [3.63, 3.8) is 0 Å². The lowest BCUT2D eigenvalue weighted by Gasteiger charge is -2.38. The van der Waals surface area contributed by atoms with Crippen LogP contribution < -0.4 is 21.3 Å². The number of para-hydroxylation sites is 3. The molecular weight excluding hydrogens is 529 g/mol. The van der Waals surface area contributed by atoms with E-state index in [1.54, 1.807) is 0 Å². The summed E-state index contributed by atoms with van der Waals surface area (Å²) in [6, 6.07) is 66.0. The second-order valence-electron chi connectivity index (χ2n) is 11.3. The van der Waals surface area contributed by atoms with E-state index in [-0.39, 0.29) is 6.71 Å². The van der Waals surface area contributed by atoms with Crippen LogP contribution in [0.15, 0.2) is 182 Å². The van der Waals surface area contributed by atoms with Crippen LogP contribution in [-0.4, -0.2) is 6.71 Å². The number of fused-ring (bicyclic) bond motifs is 2. The molecule has 0 saturated carbocycles. The first-order chi connectivity index (χ1) is 21.9. The summed E-state index contributed by atoms with van der Waals surface area (Å²) in [5.74, 6) is 0. The summed E-state index contributed by atoms with van der Waals surface area (Å²) in [6.45, 7) is 0.0256. The van der Waals surface area contributed by atoms with Crippen molar-refractivity contribution in [1.29, 1.82) is 0 Å². The standard InChI is InChI=1S/C42H30BN/c1-5-17-31(18-6-1)34-29-36(32-19-7-2-8-20-32)42(37(30-34)33-21-9-3-10-22-33)43-38-25-13-15-27-40(38)44(35-23-11-4-12-24-35)41-28-16-14-26-39(41)43/h1-30H. The molecule has 0 aromatic heterocycles. The van der Waals surface area contributed by atoms with Crippen molar-refractivity contribution in [2.24, 2.45) is 0 Å². The molecule has 0 unspecified atom stereocenters. The highest BCUT2D eigenvalue weighted by molar-refractivity contribution is 6.99. The molecule has 0 bridgehead atoms. The first-order valence-corrected chi connectivity index (χ1v) is 15.2. The highest BCUT2D eigenvalue weighted by Crippen LogP contribution is 2.38. The molecule has 0 aliphatic carbocycles. The van der Waals surface area contributed by atoms with Crippen LogP contribution in [-0.2, 0) is 0 Å². The lowest BCUT2D eigenvalue weighted by Crippen LogP contribution is -2.58. The number of hydrogen-bond acceptors (Lipinski definition) is 1. The molecule has 7 aromatic carbocycles. The quantitative estimate of drug-likeness (QED) is 0.190. The van der Waals surface area contributed by atoms with Crippen LogP contribution in [0.5, 0.6) is 0 Å². The van der Waals surface area contributed by atoms with Crippen molar-refractivity contribution in [3.05, 3.63) is 182 Å². The molecule has 0 spiro atoms. The van der Waals surface area contributed by atoms with Gasteiger partial charge in [0.2, 0.25) is 6.71 Å². The predicted molar refractivity (Wildman–Crippen MR) is 189 cm³/mol. The summed E-state index contributed by atoms with van der Waals surface area (Å²) in [5, 5.41) is 0. The Morgan fingerprint density at radius 2 is 0.727 bits per heavy atom. The van der Waals surface area contributed by atoms with Gasteiger partial charge in [0.05, 0.1) is 0 Å². The molecule has 1 aliphatic heterocycles. The van der Waals surface area contributed by atoms with E-state index < -0.39 is 0 Å². The minimum absolute atomic E-state index is 0.0256. The minimum atomic E-state index is 0.0256. The third-order valence-electron chi connectivity index (χ3n) is 8.74. The molecule has 0 saturated heterocycles. The SMILES string of the molecule is c1ccc(-c2cc(-c3ccccc3)c(B3c4ccccc4N(c4ccccc4)c4ccccc43)c(-c3ccccc3)c2)cc1. The van der Waals surface area contributed by atoms with Crippen molar-refractivity contribution in [2.75, 3.05) is 4.90 Å². The number of nitrogens with zero attached hydrogens (tertiary/aromatic N) is 1. The van der Waals surface area contributed by atoms with Crippen molar-refractivity contribution in [2.45, 2.75) is 0 Å². The van der Waals surface area contributed by atoms with E-state index in [4.69, 9.17) is 0 Å². The fraction of sp³-hybridized carbons (Fsp3) is 0. The van der Waals surface area contributed by atoms with E-state index in [0.29, 0.717) is 0 Å². The lowest BCUT2D eigenvalue weighted by molar-refractivity contribution is 1.29. The molecule has 0 amide bonds. The first kappa shape index (κ1) is 26.1. The minimum Gasteiger partial charge on any atom is -0.312 e. The summed E-state index contributed by atoms with van der Waals surface area (Å²) in [7, 11) is 0. The van der Waals surface area contributed by atoms with Crippen molar-refractivity contribution in [3.8, 4) is 33.4 Å². The number of hydrogen-bond donors (Lipinski definition) is 0. The number of benzene rings is 7. The molecule has 0 fully saturated rings. The van der Waals surface area contributed by atoms with Gasteiger partial charge >= 0.3 is 0 Å². The van der Waals surface area contributed by atoms with Gasteiger partial charge in [0.1, 0.15) is 0 Å². The summed E-state index contributed by atoms with van der Waals surface area (Å²) in [6.07, 6.45) is 0. The molecule has 0 radical (unpaired) electrons. The summed E-state index contributed by atoms with van der Waals surface area (Å²) in [4.78, 5) is 2.42. The Labute approximate surface area is 259 Å². The van der Waals surface area contributed by atoms with Gasteiger partial charge in [-0.25, -0.2) is 0 Å². The van der Waals surface area contributed by atoms with E-state index in [0.717, 1.165) is 5.69 Å². The van der Waals surface area contributed by atoms with Gasteiger partial charge in [0.15, 0.2) is 0 Å². The smallest absolute Gasteiger partial charge is 0.248 e. The first-order valence-electron chi connectivity index (χ1n) is 15.2. The Hall–Kier alpha value is -5.60. The molecule has 1 aliphatic rings. The van der Waals surface area contributed by atoms with E-state index >= 15 is 0 Å². The van der Waals surface area contributed by atoms with Crippen LogP contribution in [0.3, 0.4) is 0 Å². The average molecular weight is 560 g/mol. The monoisotopic (exact) mass is 559 g/mol. The van der Waals surface area contributed by atoms with Gasteiger partial charge < -0.3 is 4.90 Å². The van der Waals surface area contributed by atoms with E-state index in [2.05, 4.69) is 187 Å². The number of rotatable bonds is 5. The maximum Gasteiger partial charge on any atom is 0.248 e. The third kappa shape index (κ3) is 4.53. The molecule has 44 heavy (non-hydrogen) atoms. The Morgan fingerprint density at radius 3 is 1.20 bits per heavy atom. The van der Waals surface area contributed by atoms with Crippen LogP contribution in [0.2, 0.25) is 0 Å². The molecule has 0 atom stereocenters. The van der Waals surface area contributed by atoms with Crippen LogP contribution in [0.1, 0.15) is 0 Å². The highest BCUT2D eigenvalue weighted by Gasteiger charge is 2.37. The lowest BCUT2D eigenvalue weighted by atomic mass is 9.33. The molecule has 7 aromatic rings. The second kappa shape index (κ2) is 11.2. The van der Waals surface area contributed by atoms with Gasteiger partial charge in [-0.1, -0.05) is 151 Å². The summed E-state index contributed by atoms with van der Waals surface area (Å²) < 4.78 is 0. The molecule has 1 nitrogen and oxygen atoms in total. The van der Waals surface area contributed by atoms with Gasteiger partial charge in [-0.05, 0) is 80.7 Å². The molecule has 8 rings (SSSR count). The fourth-order valence-electron chi connectivity index (χ4n) is 6.81. The van der Waals surface area contributed by atoms with Gasteiger partial charge in [-0.3, -0.25) is 0 Å². The Balaban J connectivity index is 1.48.